The Labute approximate surface area is 88.4 Å². The zero-order chi connectivity index (χ0) is 7.40. The van der Waals surface area contributed by atoms with Crippen LogP contribution in [0.2, 0.25) is 0 Å². The van der Waals surface area contributed by atoms with Gasteiger partial charge in [-0.25, -0.2) is 0 Å². The van der Waals surface area contributed by atoms with E-state index in [1.807, 2.05) is 0 Å². The van der Waals surface area contributed by atoms with Crippen molar-refractivity contribution in [3.05, 3.63) is 0 Å². The number of nitrogens with zero attached hydrogens (tertiary/aromatic N) is 1. The molecular formula is C8H17Br2N. The van der Waals surface area contributed by atoms with Crippen LogP contribution in [0, 0.1) is 0 Å². The molecule has 1 heterocycles. The summed E-state index contributed by atoms with van der Waals surface area (Å²) < 4.78 is 0. The minimum atomic E-state index is 0. The zero-order valence-corrected chi connectivity index (χ0v) is 10.4. The molecule has 1 aliphatic heterocycles. The minimum absolute atomic E-state index is 0. The highest BCUT2D eigenvalue weighted by Crippen LogP contribution is 2.16. The van der Waals surface area contributed by atoms with Gasteiger partial charge in [0, 0.05) is 11.4 Å². The van der Waals surface area contributed by atoms with Crippen LogP contribution in [0.5, 0.6) is 0 Å². The average molecular weight is 287 g/mol. The Morgan fingerprint density at radius 3 is 2.73 bits per heavy atom. The van der Waals surface area contributed by atoms with E-state index in [1.165, 1.54) is 32.4 Å². The van der Waals surface area contributed by atoms with Gasteiger partial charge in [-0.1, -0.05) is 15.9 Å². The molecule has 1 saturated heterocycles. The van der Waals surface area contributed by atoms with Crippen LogP contribution in [0.1, 0.15) is 26.2 Å². The van der Waals surface area contributed by atoms with Gasteiger partial charge in [-0.05, 0) is 39.3 Å². The lowest BCUT2D eigenvalue weighted by molar-refractivity contribution is 0.270. The van der Waals surface area contributed by atoms with Crippen LogP contribution in [0.15, 0.2) is 0 Å². The molecule has 0 aromatic heterocycles. The second-order valence-electron chi connectivity index (χ2n) is 3.07. The van der Waals surface area contributed by atoms with Gasteiger partial charge in [0.2, 0.25) is 0 Å². The predicted molar refractivity (Wildman–Crippen MR) is 59.0 cm³/mol. The van der Waals surface area contributed by atoms with Crippen LogP contribution in [0.3, 0.4) is 0 Å². The summed E-state index contributed by atoms with van der Waals surface area (Å²) in [5.41, 5.74) is 0. The molecule has 0 radical (unpaired) electrons. The molecule has 0 aromatic rings. The number of hydrogen-bond donors (Lipinski definition) is 0. The SMILES string of the molecule is Br.C[C@H]1CCCN1CCCBr. The molecule has 1 rings (SSSR count). The smallest absolute Gasteiger partial charge is 0.00674 e. The van der Waals surface area contributed by atoms with E-state index >= 15 is 0 Å². The summed E-state index contributed by atoms with van der Waals surface area (Å²) in [7, 11) is 0. The highest BCUT2D eigenvalue weighted by atomic mass is 79.9. The topological polar surface area (TPSA) is 3.24 Å². The van der Waals surface area contributed by atoms with Gasteiger partial charge in [0.15, 0.2) is 0 Å². The molecule has 1 fully saturated rings. The maximum Gasteiger partial charge on any atom is 0.00674 e. The Hall–Kier alpha value is 0.920. The van der Waals surface area contributed by atoms with E-state index in [9.17, 15) is 0 Å². The standard InChI is InChI=1S/C8H16BrN.BrH/c1-8-4-2-6-10(8)7-3-5-9;/h8H,2-7H2,1H3;1H/t8-;/m0./s1. The zero-order valence-electron chi connectivity index (χ0n) is 7.05. The second kappa shape index (κ2) is 6.44. The van der Waals surface area contributed by atoms with Crippen LogP contribution in [-0.2, 0) is 0 Å². The Morgan fingerprint density at radius 1 is 1.55 bits per heavy atom. The van der Waals surface area contributed by atoms with E-state index in [2.05, 4.69) is 27.8 Å². The van der Waals surface area contributed by atoms with Crippen LogP contribution >= 0.6 is 32.9 Å². The van der Waals surface area contributed by atoms with E-state index in [0.29, 0.717) is 0 Å². The van der Waals surface area contributed by atoms with Gasteiger partial charge in [0.05, 0.1) is 0 Å². The number of likely N-dealkylation sites (tertiary alicyclic amines) is 1. The van der Waals surface area contributed by atoms with Crippen LogP contribution in [0.4, 0.5) is 0 Å². The van der Waals surface area contributed by atoms with Crippen molar-refractivity contribution < 1.29 is 0 Å². The quantitative estimate of drug-likeness (QED) is 0.721. The minimum Gasteiger partial charge on any atom is -0.301 e. The van der Waals surface area contributed by atoms with Crippen molar-refractivity contribution in [3.63, 3.8) is 0 Å². The summed E-state index contributed by atoms with van der Waals surface area (Å²) in [6, 6.07) is 0.846. The summed E-state index contributed by atoms with van der Waals surface area (Å²) in [5.74, 6) is 0. The average Bonchev–Trinajstić information content (AvgIpc) is 2.31. The fourth-order valence-electron chi connectivity index (χ4n) is 1.59. The first-order valence-corrected chi connectivity index (χ1v) is 5.26. The van der Waals surface area contributed by atoms with Crippen molar-refractivity contribution in [1.82, 2.24) is 4.90 Å². The lowest BCUT2D eigenvalue weighted by Crippen LogP contribution is -2.27. The van der Waals surface area contributed by atoms with Gasteiger partial charge in [-0.3, -0.25) is 0 Å². The lowest BCUT2D eigenvalue weighted by atomic mass is 10.2. The molecule has 0 aliphatic carbocycles. The Balaban J connectivity index is 0.000001000. The first-order valence-electron chi connectivity index (χ1n) is 4.14. The van der Waals surface area contributed by atoms with Gasteiger partial charge < -0.3 is 4.90 Å². The fraction of sp³-hybridized carbons (Fsp3) is 1.00. The Morgan fingerprint density at radius 2 is 2.27 bits per heavy atom. The first-order chi connectivity index (χ1) is 4.84. The highest BCUT2D eigenvalue weighted by molar-refractivity contribution is 9.09. The molecule has 0 bridgehead atoms. The monoisotopic (exact) mass is 285 g/mol. The molecule has 0 N–H and O–H groups in total. The van der Waals surface area contributed by atoms with Crippen molar-refractivity contribution in [2.75, 3.05) is 18.4 Å². The summed E-state index contributed by atoms with van der Waals surface area (Å²) in [6.45, 7) is 4.95. The van der Waals surface area contributed by atoms with Crippen molar-refractivity contribution in [2.24, 2.45) is 0 Å². The molecule has 1 nitrogen and oxygen atoms in total. The molecule has 1 atom stereocenters. The van der Waals surface area contributed by atoms with Gasteiger partial charge in [0.25, 0.3) is 0 Å². The normalized spacial score (nSPS) is 25.1. The molecule has 11 heavy (non-hydrogen) atoms. The Bertz CT molecular complexity index is 98.1. The Kier molecular flexibility index (Phi) is 6.98. The fourth-order valence-corrected chi connectivity index (χ4v) is 1.84. The third-order valence-electron chi connectivity index (χ3n) is 2.27. The molecule has 0 saturated carbocycles. The maximum atomic E-state index is 3.45. The molecule has 0 amide bonds. The lowest BCUT2D eigenvalue weighted by Gasteiger charge is -2.19. The van der Waals surface area contributed by atoms with Gasteiger partial charge in [-0.2, -0.15) is 0 Å². The molecule has 1 aliphatic rings. The van der Waals surface area contributed by atoms with Crippen LogP contribution in [0.25, 0.3) is 0 Å². The molecular weight excluding hydrogens is 270 g/mol. The molecule has 0 aromatic carbocycles. The van der Waals surface area contributed by atoms with Crippen molar-refractivity contribution in [1.29, 1.82) is 0 Å². The largest absolute Gasteiger partial charge is 0.301 e. The number of halogens is 2. The van der Waals surface area contributed by atoms with E-state index in [0.717, 1.165) is 11.4 Å². The number of hydrogen-bond acceptors (Lipinski definition) is 1. The molecule has 3 heteroatoms. The van der Waals surface area contributed by atoms with E-state index in [-0.39, 0.29) is 17.0 Å². The first kappa shape index (κ1) is 11.9. The van der Waals surface area contributed by atoms with Gasteiger partial charge in [-0.15, -0.1) is 17.0 Å². The highest BCUT2D eigenvalue weighted by Gasteiger charge is 2.18. The summed E-state index contributed by atoms with van der Waals surface area (Å²) in [6.07, 6.45) is 4.11. The summed E-state index contributed by atoms with van der Waals surface area (Å²) in [4.78, 5) is 2.58. The van der Waals surface area contributed by atoms with Crippen molar-refractivity contribution >= 4 is 32.9 Å². The van der Waals surface area contributed by atoms with E-state index in [4.69, 9.17) is 0 Å². The van der Waals surface area contributed by atoms with Crippen molar-refractivity contribution in [3.8, 4) is 0 Å². The summed E-state index contributed by atoms with van der Waals surface area (Å²) >= 11 is 3.45. The van der Waals surface area contributed by atoms with Gasteiger partial charge in [0.1, 0.15) is 0 Å². The maximum absolute atomic E-state index is 3.45. The summed E-state index contributed by atoms with van der Waals surface area (Å²) in [5, 5.41) is 1.15. The predicted octanol–water partition coefficient (Wildman–Crippen LogP) is 2.83. The van der Waals surface area contributed by atoms with E-state index in [1.54, 1.807) is 0 Å². The number of rotatable bonds is 3. The van der Waals surface area contributed by atoms with Crippen molar-refractivity contribution in [2.45, 2.75) is 32.2 Å². The van der Waals surface area contributed by atoms with Crippen LogP contribution < -0.4 is 0 Å². The third-order valence-corrected chi connectivity index (χ3v) is 2.83. The third kappa shape index (κ3) is 3.90. The second-order valence-corrected chi connectivity index (χ2v) is 3.86. The van der Waals surface area contributed by atoms with E-state index < -0.39 is 0 Å². The van der Waals surface area contributed by atoms with Crippen LogP contribution in [-0.4, -0.2) is 29.4 Å². The van der Waals surface area contributed by atoms with Gasteiger partial charge >= 0.3 is 0 Å². The molecule has 0 unspecified atom stereocenters. The molecule has 68 valence electrons. The number of alkyl halides is 1. The molecule has 0 spiro atoms.